The number of sulfonamides is 1. The second kappa shape index (κ2) is 8.31. The molecule has 1 unspecified atom stereocenters. The van der Waals surface area contributed by atoms with Gasteiger partial charge in [0.1, 0.15) is 5.75 Å². The molecule has 8 heteroatoms. The number of piperazine rings is 1. The highest BCUT2D eigenvalue weighted by atomic mass is 32.2. The van der Waals surface area contributed by atoms with Gasteiger partial charge in [0, 0.05) is 31.9 Å². The van der Waals surface area contributed by atoms with Crippen molar-refractivity contribution >= 4 is 27.3 Å². The van der Waals surface area contributed by atoms with Gasteiger partial charge in [0.15, 0.2) is 6.10 Å². The van der Waals surface area contributed by atoms with E-state index in [1.165, 1.54) is 10.6 Å². The van der Waals surface area contributed by atoms with Crippen LogP contribution in [-0.4, -0.2) is 64.3 Å². The third-order valence-corrected chi connectivity index (χ3v) is 7.23. The minimum Gasteiger partial charge on any atom is -0.476 e. The first-order valence-electron chi connectivity index (χ1n) is 10.9. The molecule has 2 aromatic rings. The van der Waals surface area contributed by atoms with E-state index in [4.69, 9.17) is 4.74 Å². The molecule has 0 radical (unpaired) electrons. The van der Waals surface area contributed by atoms with Gasteiger partial charge in [-0.15, -0.1) is 0 Å². The molecular formula is C24H31N3O4S. The highest BCUT2D eigenvalue weighted by molar-refractivity contribution is 7.92. The quantitative estimate of drug-likeness (QED) is 0.709. The number of nitrogens with zero attached hydrogens (tertiary/aromatic N) is 3. The molecule has 7 nitrogen and oxygen atoms in total. The van der Waals surface area contributed by atoms with Gasteiger partial charge in [-0.25, -0.2) is 8.42 Å². The third kappa shape index (κ3) is 4.55. The van der Waals surface area contributed by atoms with Crippen LogP contribution in [0.2, 0.25) is 0 Å². The smallest absolute Gasteiger partial charge is 0.265 e. The van der Waals surface area contributed by atoms with E-state index >= 15 is 0 Å². The van der Waals surface area contributed by atoms with Crippen LogP contribution in [0.3, 0.4) is 0 Å². The summed E-state index contributed by atoms with van der Waals surface area (Å²) >= 11 is 0. The predicted octanol–water partition coefficient (Wildman–Crippen LogP) is 2.86. The molecule has 4 rings (SSSR count). The van der Waals surface area contributed by atoms with Gasteiger partial charge in [0.25, 0.3) is 5.91 Å². The van der Waals surface area contributed by atoms with Gasteiger partial charge in [-0.05, 0) is 35.2 Å². The molecule has 1 amide bonds. The Labute approximate surface area is 190 Å². The minimum atomic E-state index is -3.57. The number of carbonyl (C=O) groups excluding carboxylic acids is 1. The second-order valence-electron chi connectivity index (χ2n) is 9.48. The zero-order valence-corrected chi connectivity index (χ0v) is 19.9. The lowest BCUT2D eigenvalue weighted by Gasteiger charge is -2.40. The van der Waals surface area contributed by atoms with E-state index in [0.29, 0.717) is 24.5 Å². The average Bonchev–Trinajstić information content (AvgIpc) is 2.77. The first-order chi connectivity index (χ1) is 15.0. The molecule has 1 fully saturated rings. The number of rotatable bonds is 3. The summed E-state index contributed by atoms with van der Waals surface area (Å²) in [7, 11) is -3.57. The third-order valence-electron chi connectivity index (χ3n) is 6.08. The van der Waals surface area contributed by atoms with Crippen LogP contribution in [-0.2, 0) is 20.2 Å². The molecule has 1 saturated heterocycles. The zero-order chi connectivity index (χ0) is 23.1. The summed E-state index contributed by atoms with van der Waals surface area (Å²) in [5, 5.41) is 0. The molecule has 0 saturated carbocycles. The van der Waals surface area contributed by atoms with Crippen LogP contribution in [0.25, 0.3) is 0 Å². The first kappa shape index (κ1) is 22.5. The fraction of sp³-hybridized carbons (Fsp3) is 0.458. The summed E-state index contributed by atoms with van der Waals surface area (Å²) in [5.41, 5.74) is 2.51. The molecule has 0 spiro atoms. The highest BCUT2D eigenvalue weighted by Gasteiger charge is 2.38. The number of amides is 1. The van der Waals surface area contributed by atoms with E-state index in [1.807, 2.05) is 30.3 Å². The van der Waals surface area contributed by atoms with Gasteiger partial charge >= 0.3 is 0 Å². The number of ether oxygens (including phenoxy) is 1. The maximum absolute atomic E-state index is 13.3. The summed E-state index contributed by atoms with van der Waals surface area (Å²) in [5.74, 6) is 0.257. The van der Waals surface area contributed by atoms with Crippen molar-refractivity contribution in [2.45, 2.75) is 32.3 Å². The lowest BCUT2D eigenvalue weighted by atomic mass is 9.86. The van der Waals surface area contributed by atoms with Crippen LogP contribution in [0.5, 0.6) is 5.75 Å². The predicted molar refractivity (Wildman–Crippen MR) is 127 cm³/mol. The largest absolute Gasteiger partial charge is 0.476 e. The van der Waals surface area contributed by atoms with Gasteiger partial charge in [-0.2, -0.15) is 0 Å². The van der Waals surface area contributed by atoms with Crippen molar-refractivity contribution in [1.29, 1.82) is 0 Å². The Morgan fingerprint density at radius 2 is 1.66 bits per heavy atom. The Hall–Kier alpha value is -2.74. The van der Waals surface area contributed by atoms with Gasteiger partial charge in [0.2, 0.25) is 10.0 Å². The second-order valence-corrected chi connectivity index (χ2v) is 11.4. The standard InChI is InChI=1S/C24H31N3O4S/c1-24(2,3)18-10-11-21-20(16-18)27(32(4,29)30)17-22(31-21)23(28)26-14-12-25(13-15-26)19-8-6-5-7-9-19/h5-11,16,22H,12-15,17H2,1-4H3. The normalized spacial score (nSPS) is 19.4. The molecule has 0 aliphatic carbocycles. The molecular weight excluding hydrogens is 426 g/mol. The molecule has 1 atom stereocenters. The molecule has 2 heterocycles. The maximum atomic E-state index is 13.3. The van der Waals surface area contributed by atoms with Crippen molar-refractivity contribution in [1.82, 2.24) is 4.90 Å². The van der Waals surface area contributed by atoms with E-state index in [2.05, 4.69) is 37.8 Å². The van der Waals surface area contributed by atoms with Crippen molar-refractivity contribution in [3.8, 4) is 5.75 Å². The van der Waals surface area contributed by atoms with Crippen LogP contribution in [0.4, 0.5) is 11.4 Å². The van der Waals surface area contributed by atoms with Gasteiger partial charge in [-0.1, -0.05) is 45.0 Å². The summed E-state index contributed by atoms with van der Waals surface area (Å²) in [6, 6.07) is 15.7. The van der Waals surface area contributed by atoms with E-state index < -0.39 is 16.1 Å². The molecule has 0 aromatic heterocycles. The highest BCUT2D eigenvalue weighted by Crippen LogP contribution is 2.38. The summed E-state index contributed by atoms with van der Waals surface area (Å²) < 4.78 is 32.5. The summed E-state index contributed by atoms with van der Waals surface area (Å²) in [6.45, 7) is 8.80. The Bertz CT molecular complexity index is 1090. The van der Waals surface area contributed by atoms with Crippen molar-refractivity contribution in [2.75, 3.05) is 48.2 Å². The molecule has 172 valence electrons. The Morgan fingerprint density at radius 1 is 1.00 bits per heavy atom. The topological polar surface area (TPSA) is 70.2 Å². The Balaban J connectivity index is 1.52. The van der Waals surface area contributed by atoms with Crippen LogP contribution < -0.4 is 13.9 Å². The Morgan fingerprint density at radius 3 is 2.25 bits per heavy atom. The van der Waals surface area contributed by atoms with Crippen molar-refractivity contribution in [2.24, 2.45) is 0 Å². The minimum absolute atomic E-state index is 0.0167. The number of para-hydroxylation sites is 1. The monoisotopic (exact) mass is 457 g/mol. The summed E-state index contributed by atoms with van der Waals surface area (Å²) in [4.78, 5) is 17.3. The number of carbonyl (C=O) groups is 1. The molecule has 32 heavy (non-hydrogen) atoms. The number of hydrogen-bond donors (Lipinski definition) is 0. The number of fused-ring (bicyclic) bond motifs is 1. The Kier molecular flexibility index (Phi) is 5.83. The van der Waals surface area contributed by atoms with Gasteiger partial charge in [-0.3, -0.25) is 9.10 Å². The zero-order valence-electron chi connectivity index (χ0n) is 19.1. The first-order valence-corrected chi connectivity index (χ1v) is 12.8. The van der Waals surface area contributed by atoms with Crippen LogP contribution in [0.15, 0.2) is 48.5 Å². The van der Waals surface area contributed by atoms with E-state index in [0.717, 1.165) is 24.3 Å². The average molecular weight is 458 g/mol. The molecule has 2 aliphatic heterocycles. The SMILES string of the molecule is CC(C)(C)c1ccc2c(c1)N(S(C)(=O)=O)CC(C(=O)N1CCN(c3ccccc3)CC1)O2. The lowest BCUT2D eigenvalue weighted by Crippen LogP contribution is -2.56. The van der Waals surface area contributed by atoms with Crippen molar-refractivity contribution in [3.05, 3.63) is 54.1 Å². The number of hydrogen-bond acceptors (Lipinski definition) is 5. The van der Waals surface area contributed by atoms with Gasteiger partial charge in [0.05, 0.1) is 18.5 Å². The number of benzene rings is 2. The van der Waals surface area contributed by atoms with Crippen LogP contribution in [0.1, 0.15) is 26.3 Å². The molecule has 2 aromatic carbocycles. The fourth-order valence-electron chi connectivity index (χ4n) is 4.19. The number of anilines is 2. The van der Waals surface area contributed by atoms with Crippen LogP contribution >= 0.6 is 0 Å². The van der Waals surface area contributed by atoms with Gasteiger partial charge < -0.3 is 14.5 Å². The van der Waals surface area contributed by atoms with Crippen LogP contribution in [0, 0.1) is 0 Å². The molecule has 0 N–H and O–H groups in total. The molecule has 0 bridgehead atoms. The molecule has 2 aliphatic rings. The maximum Gasteiger partial charge on any atom is 0.265 e. The van der Waals surface area contributed by atoms with Crippen molar-refractivity contribution in [3.63, 3.8) is 0 Å². The van der Waals surface area contributed by atoms with E-state index in [1.54, 1.807) is 11.0 Å². The fourth-order valence-corrected chi connectivity index (χ4v) is 5.09. The van der Waals surface area contributed by atoms with Crippen molar-refractivity contribution < 1.29 is 17.9 Å². The van der Waals surface area contributed by atoms with E-state index in [9.17, 15) is 13.2 Å². The van der Waals surface area contributed by atoms with E-state index in [-0.39, 0.29) is 17.9 Å². The lowest BCUT2D eigenvalue weighted by molar-refractivity contribution is -0.138. The summed E-state index contributed by atoms with van der Waals surface area (Å²) in [6.07, 6.45) is 0.312.